The molecule has 1 saturated heterocycles. The summed E-state index contributed by atoms with van der Waals surface area (Å²) in [5.41, 5.74) is 3.89. The molecule has 0 unspecified atom stereocenters. The minimum Gasteiger partial charge on any atom is -0.497 e. The quantitative estimate of drug-likeness (QED) is 0.522. The van der Waals surface area contributed by atoms with Crippen molar-refractivity contribution in [2.75, 3.05) is 7.11 Å². The zero-order valence-corrected chi connectivity index (χ0v) is 16.7. The third-order valence-corrected chi connectivity index (χ3v) is 5.57. The van der Waals surface area contributed by atoms with Crippen LogP contribution in [0.15, 0.2) is 83.8 Å². The average Bonchev–Trinajstić information content (AvgIpc) is 3.02. The van der Waals surface area contributed by atoms with Crippen molar-refractivity contribution in [3.05, 3.63) is 94.9 Å². The van der Waals surface area contributed by atoms with Gasteiger partial charge in [-0.1, -0.05) is 60.7 Å². The minimum atomic E-state index is -0.251. The van der Waals surface area contributed by atoms with Gasteiger partial charge in [0.05, 0.1) is 18.6 Å². The fourth-order valence-corrected chi connectivity index (χ4v) is 3.98. The highest BCUT2D eigenvalue weighted by Crippen LogP contribution is 2.34. The number of methoxy groups -OCH3 is 1. The summed E-state index contributed by atoms with van der Waals surface area (Å²) in [5, 5.41) is -0.239. The van der Waals surface area contributed by atoms with E-state index in [1.165, 1.54) is 4.90 Å². The Morgan fingerprint density at radius 3 is 2.38 bits per heavy atom. The average molecular weight is 401 g/mol. The van der Waals surface area contributed by atoms with Gasteiger partial charge in [-0.3, -0.25) is 14.5 Å². The number of imide groups is 1. The summed E-state index contributed by atoms with van der Waals surface area (Å²) in [4.78, 5) is 26.8. The molecule has 3 aromatic carbocycles. The normalized spacial score (nSPS) is 15.2. The number of thioether (sulfide) groups is 1. The molecule has 0 aliphatic carbocycles. The summed E-state index contributed by atoms with van der Waals surface area (Å²) in [7, 11) is 1.64. The van der Waals surface area contributed by atoms with Crippen LogP contribution in [0.1, 0.15) is 11.1 Å². The van der Waals surface area contributed by atoms with E-state index in [0.29, 0.717) is 4.91 Å². The van der Waals surface area contributed by atoms with Crippen LogP contribution in [0.2, 0.25) is 0 Å². The number of hydrogen-bond donors (Lipinski definition) is 0. The molecule has 3 aromatic rings. The van der Waals surface area contributed by atoms with Gasteiger partial charge in [0.25, 0.3) is 11.1 Å². The van der Waals surface area contributed by atoms with Crippen molar-refractivity contribution in [2.24, 2.45) is 0 Å². The van der Waals surface area contributed by atoms with Crippen LogP contribution in [0.3, 0.4) is 0 Å². The molecular weight excluding hydrogens is 382 g/mol. The Kier molecular flexibility index (Phi) is 5.49. The zero-order valence-electron chi connectivity index (χ0n) is 15.9. The number of amides is 2. The Balaban J connectivity index is 1.56. The summed E-state index contributed by atoms with van der Waals surface area (Å²) >= 11 is 0.984. The first-order valence-corrected chi connectivity index (χ1v) is 9.99. The van der Waals surface area contributed by atoms with Crippen LogP contribution in [0.5, 0.6) is 5.75 Å². The molecule has 0 spiro atoms. The fourth-order valence-electron chi connectivity index (χ4n) is 3.15. The van der Waals surface area contributed by atoms with Crippen molar-refractivity contribution in [3.63, 3.8) is 0 Å². The second kappa shape index (κ2) is 8.37. The van der Waals surface area contributed by atoms with Crippen LogP contribution in [0.4, 0.5) is 4.79 Å². The Hall–Kier alpha value is -3.31. The number of rotatable bonds is 5. The SMILES string of the molecule is COc1ccc(-c2cccc(C=C3SC(=O)N(Cc4ccccc4)C3=O)c2)cc1. The van der Waals surface area contributed by atoms with Gasteiger partial charge in [0.1, 0.15) is 5.75 Å². The van der Waals surface area contributed by atoms with E-state index < -0.39 is 0 Å². The van der Waals surface area contributed by atoms with E-state index in [0.717, 1.165) is 39.8 Å². The van der Waals surface area contributed by atoms with Crippen molar-refractivity contribution in [1.29, 1.82) is 0 Å². The fraction of sp³-hybridized carbons (Fsp3) is 0.0833. The molecule has 1 aliphatic rings. The maximum absolute atomic E-state index is 12.8. The van der Waals surface area contributed by atoms with Gasteiger partial charge < -0.3 is 4.74 Å². The van der Waals surface area contributed by atoms with Crippen LogP contribution in [0.25, 0.3) is 17.2 Å². The molecule has 2 amide bonds. The molecule has 0 aromatic heterocycles. The van der Waals surface area contributed by atoms with E-state index in [1.807, 2.05) is 78.9 Å². The first-order chi connectivity index (χ1) is 14.1. The van der Waals surface area contributed by atoms with Crippen molar-refractivity contribution in [3.8, 4) is 16.9 Å². The van der Waals surface area contributed by atoms with E-state index in [-0.39, 0.29) is 17.7 Å². The van der Waals surface area contributed by atoms with E-state index in [9.17, 15) is 9.59 Å². The number of carbonyl (C=O) groups excluding carboxylic acids is 2. The zero-order chi connectivity index (χ0) is 20.2. The third kappa shape index (κ3) is 4.25. The predicted molar refractivity (Wildman–Crippen MR) is 116 cm³/mol. The molecule has 0 bridgehead atoms. The van der Waals surface area contributed by atoms with Crippen molar-refractivity contribution < 1.29 is 14.3 Å². The molecular formula is C24H19NO3S. The molecule has 4 rings (SSSR count). The van der Waals surface area contributed by atoms with Gasteiger partial charge in [0.15, 0.2) is 0 Å². The molecule has 29 heavy (non-hydrogen) atoms. The van der Waals surface area contributed by atoms with Crippen molar-refractivity contribution in [2.45, 2.75) is 6.54 Å². The Morgan fingerprint density at radius 1 is 0.897 bits per heavy atom. The van der Waals surface area contributed by atoms with E-state index in [1.54, 1.807) is 13.2 Å². The Bertz CT molecular complexity index is 1070. The topological polar surface area (TPSA) is 46.6 Å². The highest BCUT2D eigenvalue weighted by molar-refractivity contribution is 8.18. The van der Waals surface area contributed by atoms with Gasteiger partial charge in [-0.25, -0.2) is 0 Å². The van der Waals surface area contributed by atoms with E-state index in [4.69, 9.17) is 4.74 Å². The second-order valence-corrected chi connectivity index (χ2v) is 7.60. The first kappa shape index (κ1) is 19.0. The van der Waals surface area contributed by atoms with E-state index >= 15 is 0 Å². The minimum absolute atomic E-state index is 0.239. The standard InChI is InChI=1S/C24H19NO3S/c1-28-21-12-10-19(11-13-21)20-9-5-8-18(14-20)15-22-23(26)25(24(27)29-22)16-17-6-3-2-4-7-17/h2-15H,16H2,1H3. The number of ether oxygens (including phenoxy) is 1. The number of nitrogens with zero attached hydrogens (tertiary/aromatic N) is 1. The summed E-state index contributed by atoms with van der Waals surface area (Å²) in [6.45, 7) is 0.286. The van der Waals surface area contributed by atoms with Gasteiger partial charge >= 0.3 is 0 Å². The van der Waals surface area contributed by atoms with Gasteiger partial charge in [-0.15, -0.1) is 0 Å². The Morgan fingerprint density at radius 2 is 1.66 bits per heavy atom. The second-order valence-electron chi connectivity index (χ2n) is 6.61. The third-order valence-electron chi connectivity index (χ3n) is 4.66. The molecule has 1 aliphatic heterocycles. The number of carbonyl (C=O) groups is 2. The molecule has 1 heterocycles. The lowest BCUT2D eigenvalue weighted by molar-refractivity contribution is -0.123. The lowest BCUT2D eigenvalue weighted by atomic mass is 10.0. The van der Waals surface area contributed by atoms with Crippen LogP contribution in [-0.2, 0) is 11.3 Å². The van der Waals surface area contributed by atoms with Gasteiger partial charge in [0, 0.05) is 0 Å². The van der Waals surface area contributed by atoms with Crippen molar-refractivity contribution in [1.82, 2.24) is 4.90 Å². The molecule has 4 nitrogen and oxygen atoms in total. The molecule has 144 valence electrons. The highest BCUT2D eigenvalue weighted by Gasteiger charge is 2.34. The first-order valence-electron chi connectivity index (χ1n) is 9.18. The number of benzene rings is 3. The molecule has 0 atom stereocenters. The lowest BCUT2D eigenvalue weighted by Gasteiger charge is -2.12. The molecule has 0 N–H and O–H groups in total. The smallest absolute Gasteiger partial charge is 0.293 e. The summed E-state index contributed by atoms with van der Waals surface area (Å²) in [5.74, 6) is 0.552. The van der Waals surface area contributed by atoms with Crippen molar-refractivity contribution >= 4 is 29.0 Å². The molecule has 1 fully saturated rings. The van der Waals surface area contributed by atoms with Crippen LogP contribution >= 0.6 is 11.8 Å². The summed E-state index contributed by atoms with van der Waals surface area (Å²) in [6, 6.07) is 25.2. The molecule has 0 saturated carbocycles. The summed E-state index contributed by atoms with van der Waals surface area (Å²) < 4.78 is 5.21. The van der Waals surface area contributed by atoms with Gasteiger partial charge in [0.2, 0.25) is 0 Å². The monoisotopic (exact) mass is 401 g/mol. The van der Waals surface area contributed by atoms with Crippen LogP contribution in [-0.4, -0.2) is 23.2 Å². The summed E-state index contributed by atoms with van der Waals surface area (Å²) in [6.07, 6.45) is 1.78. The predicted octanol–water partition coefficient (Wildman–Crippen LogP) is 5.60. The number of hydrogen-bond acceptors (Lipinski definition) is 4. The van der Waals surface area contributed by atoms with Gasteiger partial charge in [-0.05, 0) is 58.3 Å². The van der Waals surface area contributed by atoms with Crippen LogP contribution in [0, 0.1) is 0 Å². The van der Waals surface area contributed by atoms with E-state index in [2.05, 4.69) is 0 Å². The lowest BCUT2D eigenvalue weighted by Crippen LogP contribution is -2.27. The highest BCUT2D eigenvalue weighted by atomic mass is 32.2. The Labute approximate surface area is 173 Å². The molecule has 0 radical (unpaired) electrons. The maximum atomic E-state index is 12.8. The maximum Gasteiger partial charge on any atom is 0.293 e. The molecule has 5 heteroatoms. The largest absolute Gasteiger partial charge is 0.497 e. The van der Waals surface area contributed by atoms with Gasteiger partial charge in [-0.2, -0.15) is 0 Å². The van der Waals surface area contributed by atoms with Crippen LogP contribution < -0.4 is 4.74 Å².